The first-order valence-electron chi connectivity index (χ1n) is 8.76. The van der Waals surface area contributed by atoms with Crippen LogP contribution in [0.2, 0.25) is 0 Å². The molecule has 0 bridgehead atoms. The monoisotopic (exact) mass is 410 g/mol. The number of nitrogens with one attached hydrogen (secondary N) is 1. The topological polar surface area (TPSA) is 97.5 Å². The lowest BCUT2D eigenvalue weighted by molar-refractivity contribution is -0.385. The van der Waals surface area contributed by atoms with Crippen molar-refractivity contribution in [3.05, 3.63) is 62.6 Å². The van der Waals surface area contributed by atoms with Crippen LogP contribution in [-0.2, 0) is 17.5 Å². The Bertz CT molecular complexity index is 997. The summed E-state index contributed by atoms with van der Waals surface area (Å²) in [5.41, 5.74) is -1.51. The van der Waals surface area contributed by atoms with Crippen molar-refractivity contribution >= 4 is 23.0 Å². The summed E-state index contributed by atoms with van der Waals surface area (Å²) in [5.74, 6) is -0.771. The first kappa shape index (κ1) is 20.4. The highest BCUT2D eigenvalue weighted by atomic mass is 19.4. The van der Waals surface area contributed by atoms with Gasteiger partial charge in [-0.05, 0) is 31.0 Å². The van der Waals surface area contributed by atoms with E-state index in [1.807, 2.05) is 4.90 Å². The molecule has 2 aromatic rings. The van der Waals surface area contributed by atoms with Gasteiger partial charge in [-0.2, -0.15) is 13.2 Å². The summed E-state index contributed by atoms with van der Waals surface area (Å²) in [5, 5.41) is 13.3. The van der Waals surface area contributed by atoms with Gasteiger partial charge in [0.2, 0.25) is 5.91 Å². The lowest BCUT2D eigenvalue weighted by Crippen LogP contribution is -2.28. The third-order valence-electron chi connectivity index (χ3n) is 4.54. The second-order valence-corrected chi connectivity index (χ2v) is 6.58. The van der Waals surface area contributed by atoms with Crippen molar-refractivity contribution in [3.8, 4) is 0 Å². The molecule has 8 nitrogen and oxygen atoms in total. The highest BCUT2D eigenvalue weighted by Gasteiger charge is 2.32. The maximum Gasteiger partial charge on any atom is 0.416 e. The number of aromatic nitrogens is 1. The maximum absolute atomic E-state index is 13.1. The molecule has 154 valence electrons. The van der Waals surface area contributed by atoms with Crippen LogP contribution in [0.4, 0.5) is 30.2 Å². The van der Waals surface area contributed by atoms with Gasteiger partial charge in [0.1, 0.15) is 6.54 Å². The van der Waals surface area contributed by atoms with E-state index in [9.17, 15) is 32.9 Å². The summed E-state index contributed by atoms with van der Waals surface area (Å²) in [6.45, 7) is 0.730. The molecule has 0 radical (unpaired) electrons. The van der Waals surface area contributed by atoms with Gasteiger partial charge in [-0.1, -0.05) is 0 Å². The zero-order valence-corrected chi connectivity index (χ0v) is 15.1. The second kappa shape index (κ2) is 7.94. The number of anilines is 2. The number of carbonyl (C=O) groups is 1. The van der Waals surface area contributed by atoms with Crippen molar-refractivity contribution in [2.24, 2.45) is 0 Å². The van der Waals surface area contributed by atoms with Gasteiger partial charge in [0, 0.05) is 25.2 Å². The van der Waals surface area contributed by atoms with E-state index in [0.717, 1.165) is 47.9 Å². The van der Waals surface area contributed by atoms with Crippen molar-refractivity contribution in [1.82, 2.24) is 4.57 Å². The molecular weight excluding hydrogens is 393 g/mol. The van der Waals surface area contributed by atoms with E-state index in [2.05, 4.69) is 5.32 Å². The molecule has 1 aliphatic rings. The standard InChI is InChI=1S/C18H17F3N4O4/c19-18(20,21)12-3-5-15(23-7-1-2-8-23)14(9-12)22-16(26)11-24-10-13(25(28)29)4-6-17(24)27/h3-6,9-10H,1-2,7-8,11H2,(H,22,26). The minimum atomic E-state index is -4.58. The Hall–Kier alpha value is -3.37. The Balaban J connectivity index is 1.88. The van der Waals surface area contributed by atoms with Crippen LogP contribution in [0.5, 0.6) is 0 Å². The molecule has 29 heavy (non-hydrogen) atoms. The van der Waals surface area contributed by atoms with Crippen molar-refractivity contribution in [2.75, 3.05) is 23.3 Å². The van der Waals surface area contributed by atoms with Crippen molar-refractivity contribution < 1.29 is 22.9 Å². The van der Waals surface area contributed by atoms with E-state index in [1.165, 1.54) is 6.07 Å². The molecular formula is C18H17F3N4O4. The van der Waals surface area contributed by atoms with Gasteiger partial charge in [0.15, 0.2) is 0 Å². The average molecular weight is 410 g/mol. The molecule has 1 aromatic carbocycles. The predicted octanol–water partition coefficient (Wildman–Crippen LogP) is 3.01. The van der Waals surface area contributed by atoms with Crippen LogP contribution < -0.4 is 15.8 Å². The van der Waals surface area contributed by atoms with Crippen LogP contribution in [0.15, 0.2) is 41.3 Å². The van der Waals surface area contributed by atoms with E-state index in [4.69, 9.17) is 0 Å². The first-order chi connectivity index (χ1) is 13.6. The highest BCUT2D eigenvalue weighted by Crippen LogP contribution is 2.36. The lowest BCUT2D eigenvalue weighted by Gasteiger charge is -2.23. The Labute approximate surface area is 162 Å². The van der Waals surface area contributed by atoms with Crippen molar-refractivity contribution in [3.63, 3.8) is 0 Å². The van der Waals surface area contributed by atoms with Crippen molar-refractivity contribution in [1.29, 1.82) is 0 Å². The Kier molecular flexibility index (Phi) is 5.57. The number of rotatable bonds is 5. The van der Waals surface area contributed by atoms with Gasteiger partial charge in [-0.3, -0.25) is 24.3 Å². The fraction of sp³-hybridized carbons (Fsp3) is 0.333. The van der Waals surface area contributed by atoms with Gasteiger partial charge in [-0.15, -0.1) is 0 Å². The molecule has 1 amide bonds. The third-order valence-corrected chi connectivity index (χ3v) is 4.54. The van der Waals surface area contributed by atoms with Crippen LogP contribution in [0.3, 0.4) is 0 Å². The number of carbonyl (C=O) groups excluding carboxylic acids is 1. The number of hydrogen-bond acceptors (Lipinski definition) is 5. The Morgan fingerprint density at radius 3 is 2.48 bits per heavy atom. The van der Waals surface area contributed by atoms with E-state index < -0.39 is 34.7 Å². The number of nitrogens with zero attached hydrogens (tertiary/aromatic N) is 3. The summed E-state index contributed by atoms with van der Waals surface area (Å²) in [7, 11) is 0. The number of hydrogen-bond donors (Lipinski definition) is 1. The predicted molar refractivity (Wildman–Crippen MR) is 98.9 cm³/mol. The second-order valence-electron chi connectivity index (χ2n) is 6.58. The zero-order valence-electron chi connectivity index (χ0n) is 15.1. The quantitative estimate of drug-likeness (QED) is 0.604. The van der Waals surface area contributed by atoms with E-state index in [1.54, 1.807) is 0 Å². The maximum atomic E-state index is 13.1. The van der Waals surface area contributed by atoms with Crippen LogP contribution in [0, 0.1) is 10.1 Å². The number of nitro groups is 1. The molecule has 1 aliphatic heterocycles. The number of halogens is 3. The fourth-order valence-corrected chi connectivity index (χ4v) is 3.14. The summed E-state index contributed by atoms with van der Waals surface area (Å²) >= 11 is 0. The minimum absolute atomic E-state index is 0.0230. The van der Waals surface area contributed by atoms with Crippen molar-refractivity contribution in [2.45, 2.75) is 25.6 Å². The Morgan fingerprint density at radius 1 is 1.17 bits per heavy atom. The molecule has 0 atom stereocenters. The number of benzene rings is 1. The molecule has 0 saturated carbocycles. The molecule has 1 aromatic heterocycles. The normalized spacial score (nSPS) is 14.1. The summed E-state index contributed by atoms with van der Waals surface area (Å²) in [6.07, 6.45) is -1.90. The molecule has 2 heterocycles. The third kappa shape index (κ3) is 4.73. The molecule has 0 unspecified atom stereocenters. The number of alkyl halides is 3. The molecule has 3 rings (SSSR count). The van der Waals surface area contributed by atoms with E-state index in [0.29, 0.717) is 18.8 Å². The SMILES string of the molecule is O=C(Cn1cc([N+](=O)[O-])ccc1=O)Nc1cc(C(F)(F)F)ccc1N1CCCC1. The molecule has 0 spiro atoms. The molecule has 1 saturated heterocycles. The number of pyridine rings is 1. The first-order valence-corrected chi connectivity index (χ1v) is 8.76. The average Bonchev–Trinajstić information content (AvgIpc) is 3.17. The summed E-state index contributed by atoms with van der Waals surface area (Å²) in [6, 6.07) is 5.07. The van der Waals surface area contributed by atoms with Gasteiger partial charge in [-0.25, -0.2) is 0 Å². The van der Waals surface area contributed by atoms with Gasteiger partial charge >= 0.3 is 6.18 Å². The minimum Gasteiger partial charge on any atom is -0.370 e. The van der Waals surface area contributed by atoms with Gasteiger partial charge < -0.3 is 10.2 Å². The zero-order chi connectivity index (χ0) is 21.2. The molecule has 11 heteroatoms. The number of amides is 1. The molecule has 0 aliphatic carbocycles. The lowest BCUT2D eigenvalue weighted by atomic mass is 10.1. The smallest absolute Gasteiger partial charge is 0.370 e. The van der Waals surface area contributed by atoms with Gasteiger partial charge in [0.05, 0.1) is 28.1 Å². The van der Waals surface area contributed by atoms with Crippen LogP contribution in [-0.4, -0.2) is 28.5 Å². The summed E-state index contributed by atoms with van der Waals surface area (Å²) in [4.78, 5) is 36.2. The van der Waals surface area contributed by atoms with Crippen LogP contribution in [0.1, 0.15) is 18.4 Å². The van der Waals surface area contributed by atoms with Gasteiger partial charge in [0.25, 0.3) is 11.2 Å². The Morgan fingerprint density at radius 2 is 1.86 bits per heavy atom. The van der Waals surface area contributed by atoms with Crippen LogP contribution in [0.25, 0.3) is 0 Å². The van der Waals surface area contributed by atoms with E-state index >= 15 is 0 Å². The largest absolute Gasteiger partial charge is 0.416 e. The van der Waals surface area contributed by atoms with Crippen LogP contribution >= 0.6 is 0 Å². The molecule has 1 fully saturated rings. The highest BCUT2D eigenvalue weighted by molar-refractivity contribution is 5.94. The fourth-order valence-electron chi connectivity index (χ4n) is 3.14. The van der Waals surface area contributed by atoms with E-state index in [-0.39, 0.29) is 11.4 Å². The summed E-state index contributed by atoms with van der Waals surface area (Å²) < 4.78 is 40.1. The molecule has 1 N–H and O–H groups in total.